The Balaban J connectivity index is 0.000000443. The van der Waals surface area contributed by atoms with E-state index in [0.29, 0.717) is 0 Å². The van der Waals surface area contributed by atoms with E-state index in [1.165, 1.54) is 48.5 Å². The maximum atomic E-state index is 10.5. The first-order valence-corrected chi connectivity index (χ1v) is 9.26. The molecule has 6 nitrogen and oxygen atoms in total. The molecule has 25 heavy (non-hydrogen) atoms. The Morgan fingerprint density at radius 2 is 0.880 bits per heavy atom. The molecule has 0 aromatic heterocycles. The van der Waals surface area contributed by atoms with Crippen molar-refractivity contribution in [3.8, 4) is 0 Å². The van der Waals surface area contributed by atoms with E-state index in [1.54, 1.807) is 12.2 Å². The Hall–Kier alpha value is -1.49. The van der Waals surface area contributed by atoms with Gasteiger partial charge in [-0.3, -0.25) is 0 Å². The predicted octanol–water partition coefficient (Wildman–Crippen LogP) is 2.09. The molecule has 9 heteroatoms. The van der Waals surface area contributed by atoms with Gasteiger partial charge in [0, 0.05) is 0 Å². The topological polar surface area (TPSA) is 114 Å². The molecule has 0 amide bonds. The summed E-state index contributed by atoms with van der Waals surface area (Å²) >= 11 is 0. The van der Waals surface area contributed by atoms with Gasteiger partial charge in [-0.1, -0.05) is 49.6 Å². The zero-order valence-electron chi connectivity index (χ0n) is 13.2. The second kappa shape index (κ2) is 9.85. The Morgan fingerprint density at radius 1 is 0.640 bits per heavy atom. The molecule has 0 bridgehead atoms. The monoisotopic (exact) mass is 390 g/mol. The van der Waals surface area contributed by atoms with Crippen molar-refractivity contribution in [1.82, 2.24) is 0 Å². The molecule has 0 atom stereocenters. The Bertz CT molecular complexity index is 836. The van der Waals surface area contributed by atoms with E-state index >= 15 is 0 Å². The van der Waals surface area contributed by atoms with Crippen molar-refractivity contribution >= 4 is 55.4 Å². The van der Waals surface area contributed by atoms with Gasteiger partial charge >= 0.3 is 23.1 Å². The molecule has 0 spiro atoms. The summed E-state index contributed by atoms with van der Waals surface area (Å²) < 4.78 is 62.7. The van der Waals surface area contributed by atoms with Crippen LogP contribution in [0.3, 0.4) is 0 Å². The van der Waals surface area contributed by atoms with Crippen LogP contribution in [0.25, 0.3) is 12.2 Å². The van der Waals surface area contributed by atoms with E-state index < -0.39 is 20.2 Å². The van der Waals surface area contributed by atoms with Crippen molar-refractivity contribution in [3.05, 3.63) is 72.8 Å². The summed E-state index contributed by atoms with van der Waals surface area (Å²) in [4.78, 5) is -0.429. The minimum atomic E-state index is -4.31. The summed E-state index contributed by atoms with van der Waals surface area (Å²) in [6, 6.07) is 11.2. The van der Waals surface area contributed by atoms with Gasteiger partial charge in [-0.05, 0) is 35.4 Å². The minimum Gasteiger partial charge on any atom is -0.744 e. The quantitative estimate of drug-likeness (QED) is 0.583. The molecule has 0 aliphatic heterocycles. The van der Waals surface area contributed by atoms with E-state index in [-0.39, 0.29) is 32.8 Å². The standard InChI is InChI=1S/2C8H8O3S.Mg/c2*1-2-7-3-5-8(6-4-7)12(9,10)11;/h2*2-6H,1H2,(H,9,10,11);/q;;+2/p-2. The number of hydrogen-bond acceptors (Lipinski definition) is 6. The fourth-order valence-electron chi connectivity index (χ4n) is 1.54. The van der Waals surface area contributed by atoms with Gasteiger partial charge in [0.2, 0.25) is 0 Å². The van der Waals surface area contributed by atoms with Gasteiger partial charge in [-0.2, -0.15) is 0 Å². The maximum absolute atomic E-state index is 10.5. The third-order valence-corrected chi connectivity index (χ3v) is 4.51. The molecule has 0 heterocycles. The molecule has 2 aromatic rings. The average molecular weight is 391 g/mol. The van der Waals surface area contributed by atoms with Crippen LogP contribution in [0.4, 0.5) is 0 Å². The Labute approximate surface area is 163 Å². The molecule has 0 fully saturated rings. The van der Waals surface area contributed by atoms with Gasteiger partial charge in [0.1, 0.15) is 20.2 Å². The summed E-state index contributed by atoms with van der Waals surface area (Å²) in [5.74, 6) is 0. The molecule has 0 saturated carbocycles. The molecule has 2 rings (SSSR count). The summed E-state index contributed by atoms with van der Waals surface area (Å²) in [7, 11) is -8.62. The van der Waals surface area contributed by atoms with Gasteiger partial charge in [-0.25, -0.2) is 16.8 Å². The second-order valence-electron chi connectivity index (χ2n) is 4.45. The number of rotatable bonds is 4. The van der Waals surface area contributed by atoms with Crippen molar-refractivity contribution in [3.63, 3.8) is 0 Å². The van der Waals surface area contributed by atoms with Crippen LogP contribution in [0.2, 0.25) is 0 Å². The van der Waals surface area contributed by atoms with E-state index in [2.05, 4.69) is 13.2 Å². The van der Waals surface area contributed by atoms with Crippen LogP contribution in [-0.2, 0) is 20.2 Å². The van der Waals surface area contributed by atoms with Gasteiger partial charge < -0.3 is 9.11 Å². The van der Waals surface area contributed by atoms with Crippen molar-refractivity contribution in [2.75, 3.05) is 0 Å². The van der Waals surface area contributed by atoms with Crippen LogP contribution in [0.5, 0.6) is 0 Å². The van der Waals surface area contributed by atoms with Crippen molar-refractivity contribution in [1.29, 1.82) is 0 Å². The predicted molar refractivity (Wildman–Crippen MR) is 94.7 cm³/mol. The molecule has 2 aromatic carbocycles. The van der Waals surface area contributed by atoms with Crippen molar-refractivity contribution in [2.45, 2.75) is 9.79 Å². The molecule has 0 radical (unpaired) electrons. The first-order valence-electron chi connectivity index (χ1n) is 6.44. The average Bonchev–Trinajstić information content (AvgIpc) is 2.54. The Kier molecular flexibility index (Phi) is 9.26. The fraction of sp³-hybridized carbons (Fsp3) is 0. The largest absolute Gasteiger partial charge is 2.00 e. The van der Waals surface area contributed by atoms with E-state index in [9.17, 15) is 25.9 Å². The van der Waals surface area contributed by atoms with Gasteiger partial charge in [0.05, 0.1) is 9.79 Å². The van der Waals surface area contributed by atoms with Crippen LogP contribution < -0.4 is 0 Å². The summed E-state index contributed by atoms with van der Waals surface area (Å²) in [5, 5.41) is 0. The van der Waals surface area contributed by atoms with Crippen LogP contribution in [0, 0.1) is 0 Å². The molecule has 0 N–H and O–H groups in total. The number of hydrogen-bond donors (Lipinski definition) is 0. The van der Waals surface area contributed by atoms with Gasteiger partial charge in [0.15, 0.2) is 0 Å². The molecule has 0 aliphatic rings. The van der Waals surface area contributed by atoms with Gasteiger partial charge in [-0.15, -0.1) is 0 Å². The molecule has 0 saturated heterocycles. The third-order valence-electron chi connectivity index (χ3n) is 2.81. The Morgan fingerprint density at radius 3 is 1.04 bits per heavy atom. The van der Waals surface area contributed by atoms with Crippen molar-refractivity contribution in [2.24, 2.45) is 0 Å². The molecule has 0 unspecified atom stereocenters. The van der Waals surface area contributed by atoms with Crippen LogP contribution in [0.1, 0.15) is 11.1 Å². The molecule has 128 valence electrons. The van der Waals surface area contributed by atoms with E-state index in [4.69, 9.17) is 0 Å². The van der Waals surface area contributed by atoms with E-state index in [1.807, 2.05) is 0 Å². The smallest absolute Gasteiger partial charge is 0.744 e. The molecular weight excluding hydrogens is 377 g/mol. The van der Waals surface area contributed by atoms with Crippen LogP contribution in [0.15, 0.2) is 71.5 Å². The van der Waals surface area contributed by atoms with Crippen LogP contribution >= 0.6 is 0 Å². The van der Waals surface area contributed by atoms with Gasteiger partial charge in [0.25, 0.3) is 0 Å². The summed E-state index contributed by atoms with van der Waals surface area (Å²) in [5.41, 5.74) is 1.56. The van der Waals surface area contributed by atoms with Crippen molar-refractivity contribution < 1.29 is 25.9 Å². The summed E-state index contributed by atoms with van der Waals surface area (Å²) in [6.45, 7) is 6.99. The summed E-state index contributed by atoms with van der Waals surface area (Å²) in [6.07, 6.45) is 3.14. The first kappa shape index (κ1) is 23.5. The number of benzene rings is 2. The fourth-order valence-corrected chi connectivity index (χ4v) is 2.48. The first-order chi connectivity index (χ1) is 11.1. The van der Waals surface area contributed by atoms with E-state index in [0.717, 1.165) is 11.1 Å². The SMILES string of the molecule is C=Cc1ccc(S(=O)(=O)[O-])cc1.C=Cc1ccc(S(=O)(=O)[O-])cc1.[Mg+2]. The normalized spacial score (nSPS) is 10.6. The zero-order chi connectivity index (χ0) is 18.4. The second-order valence-corrected chi connectivity index (χ2v) is 7.21. The minimum absolute atomic E-state index is 0. The molecular formula is C16H14MgO6S2. The maximum Gasteiger partial charge on any atom is 2.00 e. The third kappa shape index (κ3) is 7.95. The zero-order valence-corrected chi connectivity index (χ0v) is 16.2. The molecule has 0 aliphatic carbocycles. The van der Waals surface area contributed by atoms with Crippen LogP contribution in [-0.4, -0.2) is 49.0 Å².